The molecule has 1 N–H and O–H groups in total. The summed E-state index contributed by atoms with van der Waals surface area (Å²) >= 11 is 0. The second-order valence-corrected chi connectivity index (χ2v) is 6.31. The monoisotopic (exact) mass is 333 g/mol. The van der Waals surface area contributed by atoms with Crippen molar-refractivity contribution < 1.29 is 9.53 Å². The first-order valence-corrected chi connectivity index (χ1v) is 9.06. The lowest BCUT2D eigenvalue weighted by Gasteiger charge is -2.37. The van der Waals surface area contributed by atoms with E-state index in [1.165, 1.54) is 0 Å². The molecule has 0 aliphatic carbocycles. The predicted octanol–water partition coefficient (Wildman–Crippen LogP) is 2.29. The normalized spacial score (nSPS) is 18.4. The van der Waals surface area contributed by atoms with Gasteiger partial charge in [-0.25, -0.2) is 0 Å². The van der Waals surface area contributed by atoms with Crippen LogP contribution < -0.4 is 10.1 Å². The van der Waals surface area contributed by atoms with Crippen LogP contribution in [-0.4, -0.2) is 62.1 Å². The predicted molar refractivity (Wildman–Crippen MR) is 97.3 cm³/mol. The Bertz CT molecular complexity index is 515. The maximum Gasteiger partial charge on any atom is 0.236 e. The van der Waals surface area contributed by atoms with Crippen LogP contribution in [0.5, 0.6) is 5.75 Å². The molecule has 5 heteroatoms. The molecule has 5 nitrogen and oxygen atoms in total. The Morgan fingerprint density at radius 1 is 1.29 bits per heavy atom. The summed E-state index contributed by atoms with van der Waals surface area (Å²) in [6.45, 7) is 9.05. The van der Waals surface area contributed by atoms with E-state index in [9.17, 15) is 4.79 Å². The highest BCUT2D eigenvalue weighted by molar-refractivity contribution is 5.78. The van der Waals surface area contributed by atoms with Gasteiger partial charge < -0.3 is 15.0 Å². The Morgan fingerprint density at radius 2 is 2.00 bits per heavy atom. The van der Waals surface area contributed by atoms with Gasteiger partial charge in [-0.15, -0.1) is 0 Å². The van der Waals surface area contributed by atoms with Gasteiger partial charge in [-0.2, -0.15) is 0 Å². The van der Waals surface area contributed by atoms with Gasteiger partial charge in [-0.3, -0.25) is 9.69 Å². The highest BCUT2D eigenvalue weighted by Gasteiger charge is 2.28. The second kappa shape index (κ2) is 9.64. The van der Waals surface area contributed by atoms with Crippen LogP contribution in [0.4, 0.5) is 0 Å². The Morgan fingerprint density at radius 3 is 2.67 bits per heavy atom. The minimum absolute atomic E-state index is 0.170. The summed E-state index contributed by atoms with van der Waals surface area (Å²) in [6, 6.07) is 8.28. The lowest BCUT2D eigenvalue weighted by molar-refractivity contribution is -0.133. The summed E-state index contributed by atoms with van der Waals surface area (Å²) in [5.74, 6) is 1.13. The minimum Gasteiger partial charge on any atom is -0.496 e. The van der Waals surface area contributed by atoms with Crippen molar-refractivity contribution in [2.24, 2.45) is 0 Å². The number of para-hydroxylation sites is 1. The van der Waals surface area contributed by atoms with Crippen molar-refractivity contribution in [1.82, 2.24) is 15.1 Å². The van der Waals surface area contributed by atoms with Crippen molar-refractivity contribution in [1.29, 1.82) is 0 Å². The number of carbonyl (C=O) groups excluding carboxylic acids is 1. The molecule has 0 radical (unpaired) electrons. The summed E-state index contributed by atoms with van der Waals surface area (Å²) in [5, 5.41) is 3.45. The van der Waals surface area contributed by atoms with Crippen molar-refractivity contribution >= 4 is 5.91 Å². The number of hydrogen-bond acceptors (Lipinski definition) is 4. The van der Waals surface area contributed by atoms with Crippen molar-refractivity contribution in [2.45, 2.75) is 32.7 Å². The summed E-state index contributed by atoms with van der Waals surface area (Å²) in [5.41, 5.74) is 1.15. The number of nitrogens with zero attached hydrogens (tertiary/aromatic N) is 2. The number of ether oxygens (including phenoxy) is 1. The average Bonchev–Trinajstić information content (AvgIpc) is 2.62. The SMILES string of the molecule is CCCN(CCC)C(=O)CN1CCNCC1c1ccccc1OC. The quantitative estimate of drug-likeness (QED) is 0.793. The first-order chi connectivity index (χ1) is 11.7. The highest BCUT2D eigenvalue weighted by atomic mass is 16.5. The van der Waals surface area contributed by atoms with E-state index < -0.39 is 0 Å². The molecule has 1 aliphatic heterocycles. The lowest BCUT2D eigenvalue weighted by atomic mass is 10.0. The average molecular weight is 333 g/mol. The molecule has 0 spiro atoms. The molecule has 1 heterocycles. The van der Waals surface area contributed by atoms with E-state index in [1.54, 1.807) is 7.11 Å². The van der Waals surface area contributed by atoms with E-state index in [2.05, 4.69) is 30.1 Å². The fourth-order valence-electron chi connectivity index (χ4n) is 3.36. The molecule has 1 aromatic carbocycles. The number of nitrogens with one attached hydrogen (secondary N) is 1. The zero-order chi connectivity index (χ0) is 17.4. The molecule has 24 heavy (non-hydrogen) atoms. The third-order valence-electron chi connectivity index (χ3n) is 4.53. The third-order valence-corrected chi connectivity index (χ3v) is 4.53. The van der Waals surface area contributed by atoms with Crippen LogP contribution >= 0.6 is 0 Å². The molecular weight excluding hydrogens is 302 g/mol. The van der Waals surface area contributed by atoms with Crippen molar-refractivity contribution in [2.75, 3.05) is 46.4 Å². The molecular formula is C19H31N3O2. The van der Waals surface area contributed by atoms with E-state index in [-0.39, 0.29) is 11.9 Å². The van der Waals surface area contributed by atoms with Crippen LogP contribution in [0.2, 0.25) is 0 Å². The third kappa shape index (κ3) is 4.71. The Labute approximate surface area is 146 Å². The molecule has 1 fully saturated rings. The number of carbonyl (C=O) groups is 1. The van der Waals surface area contributed by atoms with Crippen molar-refractivity contribution in [3.05, 3.63) is 29.8 Å². The van der Waals surface area contributed by atoms with Crippen LogP contribution in [0.3, 0.4) is 0 Å². The van der Waals surface area contributed by atoms with Crippen LogP contribution in [-0.2, 0) is 4.79 Å². The Hall–Kier alpha value is -1.59. The molecule has 0 bridgehead atoms. The van der Waals surface area contributed by atoms with E-state index in [1.807, 2.05) is 23.1 Å². The molecule has 134 valence electrons. The van der Waals surface area contributed by atoms with Gasteiger partial charge in [0.25, 0.3) is 0 Å². The molecule has 1 aliphatic rings. The number of benzene rings is 1. The van der Waals surface area contributed by atoms with E-state index in [0.717, 1.165) is 56.9 Å². The minimum atomic E-state index is 0.170. The zero-order valence-corrected chi connectivity index (χ0v) is 15.3. The topological polar surface area (TPSA) is 44.8 Å². The second-order valence-electron chi connectivity index (χ2n) is 6.31. The van der Waals surface area contributed by atoms with E-state index >= 15 is 0 Å². The van der Waals surface area contributed by atoms with E-state index in [4.69, 9.17) is 4.74 Å². The van der Waals surface area contributed by atoms with Gasteiger partial charge in [0, 0.05) is 38.3 Å². The van der Waals surface area contributed by atoms with Crippen LogP contribution in [0.1, 0.15) is 38.3 Å². The number of rotatable bonds is 8. The standard InChI is InChI=1S/C19H31N3O2/c1-4-11-21(12-5-2)19(23)15-22-13-10-20-14-17(22)16-8-6-7-9-18(16)24-3/h6-9,17,20H,4-5,10-15H2,1-3H3. The summed E-state index contributed by atoms with van der Waals surface area (Å²) < 4.78 is 5.53. The molecule has 2 rings (SSSR count). The van der Waals surface area contributed by atoms with Gasteiger partial charge >= 0.3 is 0 Å². The molecule has 1 aromatic rings. The van der Waals surface area contributed by atoms with E-state index in [0.29, 0.717) is 6.54 Å². The molecule has 0 aromatic heterocycles. The lowest BCUT2D eigenvalue weighted by Crippen LogP contribution is -2.50. The van der Waals surface area contributed by atoms with Crippen molar-refractivity contribution in [3.8, 4) is 5.75 Å². The molecule has 1 amide bonds. The Balaban J connectivity index is 2.12. The maximum atomic E-state index is 12.8. The first-order valence-electron chi connectivity index (χ1n) is 9.06. The van der Waals surface area contributed by atoms with Gasteiger partial charge in [0.2, 0.25) is 5.91 Å². The first kappa shape index (κ1) is 18.7. The molecule has 1 atom stereocenters. The van der Waals surface area contributed by atoms with Gasteiger partial charge in [-0.1, -0.05) is 32.0 Å². The smallest absolute Gasteiger partial charge is 0.236 e. The maximum absolute atomic E-state index is 12.8. The summed E-state index contributed by atoms with van der Waals surface area (Å²) in [7, 11) is 1.70. The summed E-state index contributed by atoms with van der Waals surface area (Å²) in [4.78, 5) is 17.0. The molecule has 1 saturated heterocycles. The number of piperazine rings is 1. The molecule has 1 unspecified atom stereocenters. The van der Waals surface area contributed by atoms with Gasteiger partial charge in [-0.05, 0) is 18.9 Å². The largest absolute Gasteiger partial charge is 0.496 e. The van der Waals surface area contributed by atoms with Crippen molar-refractivity contribution in [3.63, 3.8) is 0 Å². The van der Waals surface area contributed by atoms with Crippen LogP contribution in [0.15, 0.2) is 24.3 Å². The fourth-order valence-corrected chi connectivity index (χ4v) is 3.36. The van der Waals surface area contributed by atoms with Crippen LogP contribution in [0.25, 0.3) is 0 Å². The number of methoxy groups -OCH3 is 1. The van der Waals surface area contributed by atoms with Crippen LogP contribution in [0, 0.1) is 0 Å². The molecule has 0 saturated carbocycles. The number of amides is 1. The van der Waals surface area contributed by atoms with Gasteiger partial charge in [0.05, 0.1) is 19.7 Å². The van der Waals surface area contributed by atoms with Gasteiger partial charge in [0.1, 0.15) is 5.75 Å². The highest BCUT2D eigenvalue weighted by Crippen LogP contribution is 2.30. The zero-order valence-electron chi connectivity index (χ0n) is 15.3. The fraction of sp³-hybridized carbons (Fsp3) is 0.632. The Kier molecular flexibility index (Phi) is 7.53. The van der Waals surface area contributed by atoms with Gasteiger partial charge in [0.15, 0.2) is 0 Å². The number of hydrogen-bond donors (Lipinski definition) is 1. The summed E-state index contributed by atoms with van der Waals surface area (Å²) in [6.07, 6.45) is 2.01.